The van der Waals surface area contributed by atoms with Gasteiger partial charge in [0, 0.05) is 24.4 Å². The van der Waals surface area contributed by atoms with E-state index in [-0.39, 0.29) is 33.1 Å². The molecule has 0 aliphatic heterocycles. The SMILES string of the molecule is Cc1c(OC(F)(F)C(C)F)nn(C)c1-n1cc(-c2cc(C(=O)NC3(C#N)CC3)c(Cl)cc2F)cn1. The van der Waals surface area contributed by atoms with E-state index < -0.39 is 35.4 Å². The number of nitrogens with zero attached hydrogens (tertiary/aromatic N) is 5. The first-order chi connectivity index (χ1) is 16.4. The number of hydrogen-bond acceptors (Lipinski definition) is 5. The highest BCUT2D eigenvalue weighted by molar-refractivity contribution is 6.34. The summed E-state index contributed by atoms with van der Waals surface area (Å²) in [6, 6.07) is 4.26. The van der Waals surface area contributed by atoms with Gasteiger partial charge >= 0.3 is 6.11 Å². The number of aryl methyl sites for hydroxylation is 1. The lowest BCUT2D eigenvalue weighted by Gasteiger charge is -2.17. The zero-order valence-electron chi connectivity index (χ0n) is 18.7. The first kappa shape index (κ1) is 24.5. The summed E-state index contributed by atoms with van der Waals surface area (Å²) in [6.45, 7) is 2.10. The van der Waals surface area contributed by atoms with Crippen LogP contribution in [0.2, 0.25) is 5.02 Å². The molecule has 1 fully saturated rings. The van der Waals surface area contributed by atoms with Crippen LogP contribution in [0.1, 0.15) is 35.7 Å². The molecule has 13 heteroatoms. The number of halogens is 5. The Morgan fingerprint density at radius 3 is 2.69 bits per heavy atom. The van der Waals surface area contributed by atoms with E-state index in [4.69, 9.17) is 11.6 Å². The van der Waals surface area contributed by atoms with Crippen molar-refractivity contribution in [2.45, 2.75) is 44.5 Å². The highest BCUT2D eigenvalue weighted by Crippen LogP contribution is 2.36. The number of ether oxygens (including phenoxy) is 1. The van der Waals surface area contributed by atoms with Gasteiger partial charge in [-0.3, -0.25) is 4.79 Å². The van der Waals surface area contributed by atoms with Gasteiger partial charge in [0.15, 0.2) is 5.82 Å². The summed E-state index contributed by atoms with van der Waals surface area (Å²) in [7, 11) is 1.45. The van der Waals surface area contributed by atoms with Crippen molar-refractivity contribution < 1.29 is 27.1 Å². The second-order valence-corrected chi connectivity index (χ2v) is 8.70. The third-order valence-corrected chi connectivity index (χ3v) is 5.94. The number of alkyl halides is 3. The molecule has 2 aromatic heterocycles. The quantitative estimate of drug-likeness (QED) is 0.472. The van der Waals surface area contributed by atoms with E-state index in [9.17, 15) is 27.6 Å². The number of nitrogens with one attached hydrogen (secondary N) is 1. The Morgan fingerprint density at radius 2 is 2.09 bits per heavy atom. The number of amides is 1. The van der Waals surface area contributed by atoms with E-state index in [2.05, 4.69) is 20.3 Å². The Morgan fingerprint density at radius 1 is 1.40 bits per heavy atom. The molecular weight excluding hydrogens is 492 g/mol. The Bertz CT molecular complexity index is 1360. The number of aromatic nitrogens is 4. The van der Waals surface area contributed by atoms with Crippen molar-refractivity contribution in [3.05, 3.63) is 46.5 Å². The fourth-order valence-electron chi connectivity index (χ4n) is 3.42. The maximum absolute atomic E-state index is 14.8. The van der Waals surface area contributed by atoms with Crippen LogP contribution in [0.25, 0.3) is 16.9 Å². The Hall–Kier alpha value is -3.59. The fourth-order valence-corrected chi connectivity index (χ4v) is 3.66. The molecule has 1 aliphatic carbocycles. The molecule has 0 radical (unpaired) electrons. The normalized spacial score (nSPS) is 15.4. The number of rotatable bonds is 7. The highest BCUT2D eigenvalue weighted by atomic mass is 35.5. The van der Waals surface area contributed by atoms with Crippen LogP contribution in [0, 0.1) is 24.1 Å². The van der Waals surface area contributed by atoms with Crippen molar-refractivity contribution in [2.24, 2.45) is 7.05 Å². The summed E-state index contributed by atoms with van der Waals surface area (Å²) in [5.74, 6) is -1.62. The maximum atomic E-state index is 14.8. The molecule has 1 amide bonds. The van der Waals surface area contributed by atoms with E-state index in [0.29, 0.717) is 19.8 Å². The van der Waals surface area contributed by atoms with E-state index in [1.807, 2.05) is 6.07 Å². The molecule has 3 aromatic rings. The second-order valence-electron chi connectivity index (χ2n) is 8.29. The molecular formula is C22H19ClF4N6O2. The number of nitriles is 1. The minimum absolute atomic E-state index is 0.00156. The molecule has 1 aliphatic rings. The monoisotopic (exact) mass is 510 g/mol. The van der Waals surface area contributed by atoms with Crippen LogP contribution >= 0.6 is 11.6 Å². The summed E-state index contributed by atoms with van der Waals surface area (Å²) in [4.78, 5) is 12.7. The molecule has 1 aromatic carbocycles. The zero-order valence-corrected chi connectivity index (χ0v) is 19.5. The molecule has 1 atom stereocenters. The van der Waals surface area contributed by atoms with Gasteiger partial charge in [-0.15, -0.1) is 5.10 Å². The van der Waals surface area contributed by atoms with E-state index in [0.717, 1.165) is 6.07 Å². The second kappa shape index (κ2) is 8.57. The first-order valence-corrected chi connectivity index (χ1v) is 10.8. The molecule has 1 saturated carbocycles. The highest BCUT2D eigenvalue weighted by Gasteiger charge is 2.45. The molecule has 8 nitrogen and oxygen atoms in total. The third kappa shape index (κ3) is 4.55. The van der Waals surface area contributed by atoms with Gasteiger partial charge in [0.05, 0.1) is 28.4 Å². The Labute approximate surface area is 202 Å². The topological polar surface area (TPSA) is 97.8 Å². The van der Waals surface area contributed by atoms with Crippen LogP contribution in [-0.2, 0) is 7.05 Å². The van der Waals surface area contributed by atoms with Gasteiger partial charge in [-0.2, -0.15) is 19.1 Å². The Balaban J connectivity index is 1.67. The predicted octanol–water partition coefficient (Wildman–Crippen LogP) is 4.49. The van der Waals surface area contributed by atoms with Crippen molar-refractivity contribution in [1.29, 1.82) is 5.26 Å². The molecule has 0 saturated heterocycles. The molecule has 0 bridgehead atoms. The van der Waals surface area contributed by atoms with Crippen LogP contribution in [0.15, 0.2) is 24.5 Å². The predicted molar refractivity (Wildman–Crippen MR) is 117 cm³/mol. The number of benzene rings is 1. The lowest BCUT2D eigenvalue weighted by molar-refractivity contribution is -0.217. The summed E-state index contributed by atoms with van der Waals surface area (Å²) in [6.07, 6.45) is -2.92. The lowest BCUT2D eigenvalue weighted by atomic mass is 10.0. The van der Waals surface area contributed by atoms with E-state index in [1.165, 1.54) is 41.8 Å². The van der Waals surface area contributed by atoms with Gasteiger partial charge in [0.2, 0.25) is 12.1 Å². The van der Waals surface area contributed by atoms with Crippen molar-refractivity contribution >= 4 is 17.5 Å². The van der Waals surface area contributed by atoms with Gasteiger partial charge in [-0.1, -0.05) is 11.6 Å². The molecule has 35 heavy (non-hydrogen) atoms. The average Bonchev–Trinajstić information content (AvgIpc) is 3.28. The standard InChI is InChI=1S/C22H19ClF4N6O2/c1-11-19(35-22(26,27)12(2)24)31-32(3)20(11)33-9-13(8-29-33)14-6-15(16(23)7-17(14)25)18(34)30-21(10-28)4-5-21/h6-9,12H,4-5H2,1-3H3,(H,30,34). The molecule has 4 rings (SSSR count). The van der Waals surface area contributed by atoms with Gasteiger partial charge in [-0.25, -0.2) is 18.1 Å². The number of hydrogen-bond donors (Lipinski definition) is 1. The molecule has 2 heterocycles. The van der Waals surface area contributed by atoms with E-state index >= 15 is 0 Å². The number of carbonyl (C=O) groups is 1. The van der Waals surface area contributed by atoms with Crippen LogP contribution in [0.4, 0.5) is 17.6 Å². The van der Waals surface area contributed by atoms with Crippen LogP contribution < -0.4 is 10.1 Å². The number of carbonyl (C=O) groups excluding carboxylic acids is 1. The van der Waals surface area contributed by atoms with Crippen LogP contribution in [0.5, 0.6) is 5.88 Å². The third-order valence-electron chi connectivity index (χ3n) is 5.63. The van der Waals surface area contributed by atoms with Gasteiger partial charge in [-0.05, 0) is 38.8 Å². The van der Waals surface area contributed by atoms with Crippen molar-refractivity contribution in [3.8, 4) is 28.9 Å². The summed E-state index contributed by atoms with van der Waals surface area (Å²) >= 11 is 6.08. The molecule has 184 valence electrons. The summed E-state index contributed by atoms with van der Waals surface area (Å²) < 4.78 is 62.3. The fraction of sp³-hybridized carbons (Fsp3) is 0.364. The maximum Gasteiger partial charge on any atom is 0.430 e. The summed E-state index contributed by atoms with van der Waals surface area (Å²) in [5.41, 5.74) is -0.562. The average molecular weight is 511 g/mol. The van der Waals surface area contributed by atoms with Crippen molar-refractivity contribution in [2.75, 3.05) is 0 Å². The van der Waals surface area contributed by atoms with Gasteiger partial charge < -0.3 is 10.1 Å². The minimum atomic E-state index is -4.08. The lowest BCUT2D eigenvalue weighted by Crippen LogP contribution is -2.35. The molecule has 0 spiro atoms. The van der Waals surface area contributed by atoms with E-state index in [1.54, 1.807) is 0 Å². The van der Waals surface area contributed by atoms with Gasteiger partial charge in [0.1, 0.15) is 11.4 Å². The zero-order chi connectivity index (χ0) is 25.7. The largest absolute Gasteiger partial charge is 0.430 e. The van der Waals surface area contributed by atoms with Crippen molar-refractivity contribution in [1.82, 2.24) is 24.9 Å². The molecule has 1 unspecified atom stereocenters. The van der Waals surface area contributed by atoms with Gasteiger partial charge in [0.25, 0.3) is 5.91 Å². The first-order valence-electron chi connectivity index (χ1n) is 10.4. The van der Waals surface area contributed by atoms with Crippen LogP contribution in [-0.4, -0.2) is 43.3 Å². The van der Waals surface area contributed by atoms with Crippen LogP contribution in [0.3, 0.4) is 0 Å². The summed E-state index contributed by atoms with van der Waals surface area (Å²) in [5, 5.41) is 19.7. The minimum Gasteiger partial charge on any atom is -0.410 e. The van der Waals surface area contributed by atoms with Crippen molar-refractivity contribution in [3.63, 3.8) is 0 Å². The molecule has 1 N–H and O–H groups in total. The Kier molecular flexibility index (Phi) is 6.00. The smallest absolute Gasteiger partial charge is 0.410 e.